The molecule has 1 aromatic rings. The predicted molar refractivity (Wildman–Crippen MR) is 73.0 cm³/mol. The van der Waals surface area contributed by atoms with Gasteiger partial charge in [-0.25, -0.2) is 0 Å². The molecular formula is C13H15BrN2O. The van der Waals surface area contributed by atoms with Gasteiger partial charge in [0.05, 0.1) is 0 Å². The highest BCUT2D eigenvalue weighted by molar-refractivity contribution is 9.10. The number of hydrogen-bond donors (Lipinski definition) is 2. The third-order valence-corrected chi connectivity index (χ3v) is 2.80. The molecule has 3 N–H and O–H groups in total. The van der Waals surface area contributed by atoms with E-state index in [0.717, 1.165) is 10.0 Å². The fourth-order valence-electron chi connectivity index (χ4n) is 1.30. The molecule has 0 bridgehead atoms. The Bertz CT molecular complexity index is 426. The Morgan fingerprint density at radius 1 is 1.59 bits per heavy atom. The summed E-state index contributed by atoms with van der Waals surface area (Å²) in [4.78, 5) is 0. The van der Waals surface area contributed by atoms with Crippen LogP contribution in [0.25, 0.3) is 0 Å². The molecule has 0 aliphatic heterocycles. The maximum Gasteiger partial charge on any atom is 0.180 e. The van der Waals surface area contributed by atoms with Crippen LogP contribution in [-0.2, 0) is 4.74 Å². The second-order valence-corrected chi connectivity index (χ2v) is 4.18. The smallest absolute Gasteiger partial charge is 0.180 e. The molecule has 1 rings (SSSR count). The Balaban J connectivity index is 2.70. The van der Waals surface area contributed by atoms with Crippen molar-refractivity contribution >= 4 is 15.9 Å². The van der Waals surface area contributed by atoms with Gasteiger partial charge in [0.15, 0.2) is 5.88 Å². The summed E-state index contributed by atoms with van der Waals surface area (Å²) in [5.41, 5.74) is 6.30. The summed E-state index contributed by atoms with van der Waals surface area (Å²) in [6.07, 6.45) is 5.50. The van der Waals surface area contributed by atoms with Crippen LogP contribution >= 0.6 is 15.9 Å². The molecular weight excluding hydrogens is 280 g/mol. The van der Waals surface area contributed by atoms with Gasteiger partial charge in [-0.1, -0.05) is 40.0 Å². The van der Waals surface area contributed by atoms with Crippen molar-refractivity contribution in [1.29, 1.82) is 0 Å². The number of nitrogens with one attached hydrogen (secondary N) is 1. The lowest BCUT2D eigenvalue weighted by molar-refractivity contribution is 0.197. The van der Waals surface area contributed by atoms with Crippen LogP contribution in [0.3, 0.4) is 0 Å². The zero-order valence-electron chi connectivity index (χ0n) is 9.45. The zero-order chi connectivity index (χ0) is 12.7. The van der Waals surface area contributed by atoms with Crippen molar-refractivity contribution < 1.29 is 4.74 Å². The van der Waals surface area contributed by atoms with Crippen molar-refractivity contribution in [3.05, 3.63) is 46.8 Å². The summed E-state index contributed by atoms with van der Waals surface area (Å²) in [5.74, 6) is 3.08. The normalized spacial score (nSPS) is 11.4. The lowest BCUT2D eigenvalue weighted by Gasteiger charge is -2.18. The first-order valence-electron chi connectivity index (χ1n) is 5.18. The molecule has 0 saturated heterocycles. The molecule has 0 fully saturated rings. The Kier molecular flexibility index (Phi) is 5.61. The van der Waals surface area contributed by atoms with E-state index in [-0.39, 0.29) is 6.04 Å². The molecule has 17 heavy (non-hydrogen) atoms. The van der Waals surface area contributed by atoms with Gasteiger partial charge in [0.2, 0.25) is 0 Å². The molecule has 1 aromatic carbocycles. The second-order valence-electron chi connectivity index (χ2n) is 3.33. The monoisotopic (exact) mass is 294 g/mol. The molecule has 0 heterocycles. The Morgan fingerprint density at radius 2 is 2.29 bits per heavy atom. The third-order valence-electron chi connectivity index (χ3n) is 2.08. The van der Waals surface area contributed by atoms with Crippen LogP contribution in [0.15, 0.2) is 41.2 Å². The van der Waals surface area contributed by atoms with Gasteiger partial charge in [-0.15, -0.1) is 6.42 Å². The molecule has 3 nitrogen and oxygen atoms in total. The van der Waals surface area contributed by atoms with Crippen molar-refractivity contribution in [1.82, 2.24) is 5.32 Å². The van der Waals surface area contributed by atoms with Gasteiger partial charge in [-0.2, -0.15) is 0 Å². The highest BCUT2D eigenvalue weighted by Crippen LogP contribution is 2.23. The van der Waals surface area contributed by atoms with Crippen molar-refractivity contribution in [3.8, 4) is 12.3 Å². The molecule has 90 valence electrons. The number of halogens is 1. The van der Waals surface area contributed by atoms with Crippen LogP contribution in [0.1, 0.15) is 11.6 Å². The molecule has 1 atom stereocenters. The van der Waals surface area contributed by atoms with E-state index in [4.69, 9.17) is 16.9 Å². The summed E-state index contributed by atoms with van der Waals surface area (Å²) in [6, 6.07) is 7.45. The number of benzene rings is 1. The van der Waals surface area contributed by atoms with Crippen molar-refractivity contribution in [2.45, 2.75) is 6.04 Å². The van der Waals surface area contributed by atoms with Crippen LogP contribution in [-0.4, -0.2) is 13.2 Å². The quantitative estimate of drug-likeness (QED) is 0.624. The fraction of sp³-hybridized carbons (Fsp3) is 0.231. The standard InChI is InChI=1S/C13H15BrN2O/c1-3-13(16-10(2)17-9-8-15)11-6-4-5-7-12(11)14/h1,4-7,13,16H,2,8-9,15H2. The molecule has 0 aliphatic carbocycles. The van der Waals surface area contributed by atoms with Gasteiger partial charge in [0, 0.05) is 16.6 Å². The van der Waals surface area contributed by atoms with Crippen LogP contribution < -0.4 is 11.1 Å². The van der Waals surface area contributed by atoms with Gasteiger partial charge in [0.1, 0.15) is 12.6 Å². The predicted octanol–water partition coefficient (Wildman–Crippen LogP) is 2.16. The minimum atomic E-state index is -0.282. The first kappa shape index (κ1) is 13.6. The Morgan fingerprint density at radius 3 is 2.88 bits per heavy atom. The van der Waals surface area contributed by atoms with Crippen molar-refractivity contribution in [2.75, 3.05) is 13.2 Å². The van der Waals surface area contributed by atoms with Gasteiger partial charge in [0.25, 0.3) is 0 Å². The summed E-state index contributed by atoms with van der Waals surface area (Å²) in [7, 11) is 0. The molecule has 0 aliphatic rings. The van der Waals surface area contributed by atoms with Gasteiger partial charge in [-0.3, -0.25) is 0 Å². The van der Waals surface area contributed by atoms with Crippen LogP contribution in [0, 0.1) is 12.3 Å². The van der Waals surface area contributed by atoms with E-state index in [1.54, 1.807) is 0 Å². The maximum absolute atomic E-state index is 5.50. The zero-order valence-corrected chi connectivity index (χ0v) is 11.0. The molecule has 0 radical (unpaired) electrons. The number of rotatable bonds is 6. The van der Waals surface area contributed by atoms with E-state index in [1.807, 2.05) is 24.3 Å². The minimum absolute atomic E-state index is 0.282. The number of nitrogens with two attached hydrogens (primary N) is 1. The lowest BCUT2D eigenvalue weighted by atomic mass is 10.1. The minimum Gasteiger partial charge on any atom is -0.478 e. The summed E-state index contributed by atoms with van der Waals surface area (Å²) in [5, 5.41) is 3.02. The summed E-state index contributed by atoms with van der Waals surface area (Å²) >= 11 is 3.45. The van der Waals surface area contributed by atoms with E-state index in [2.05, 4.69) is 33.7 Å². The Hall–Kier alpha value is -1.44. The van der Waals surface area contributed by atoms with Crippen molar-refractivity contribution in [3.63, 3.8) is 0 Å². The van der Waals surface area contributed by atoms with E-state index < -0.39 is 0 Å². The van der Waals surface area contributed by atoms with E-state index in [9.17, 15) is 0 Å². The molecule has 1 unspecified atom stereocenters. The summed E-state index contributed by atoms with van der Waals surface area (Å²) < 4.78 is 6.19. The maximum atomic E-state index is 5.50. The van der Waals surface area contributed by atoms with Crippen molar-refractivity contribution in [2.24, 2.45) is 5.73 Å². The molecule has 0 saturated carbocycles. The van der Waals surface area contributed by atoms with Crippen LogP contribution in [0.5, 0.6) is 0 Å². The first-order chi connectivity index (χ1) is 8.19. The topological polar surface area (TPSA) is 47.3 Å². The second kappa shape index (κ2) is 7.00. The molecule has 0 aromatic heterocycles. The fourth-order valence-corrected chi connectivity index (χ4v) is 1.82. The third kappa shape index (κ3) is 4.14. The average Bonchev–Trinajstić information content (AvgIpc) is 2.34. The lowest BCUT2D eigenvalue weighted by Crippen LogP contribution is -2.22. The SMILES string of the molecule is C#CC(NC(=C)OCCN)c1ccccc1Br. The largest absolute Gasteiger partial charge is 0.478 e. The number of hydrogen-bond acceptors (Lipinski definition) is 3. The first-order valence-corrected chi connectivity index (χ1v) is 5.97. The Labute approximate surface area is 110 Å². The highest BCUT2D eigenvalue weighted by Gasteiger charge is 2.11. The number of terminal acetylenes is 1. The summed E-state index contributed by atoms with van der Waals surface area (Å²) in [6.45, 7) is 4.59. The highest BCUT2D eigenvalue weighted by atomic mass is 79.9. The van der Waals surface area contributed by atoms with E-state index >= 15 is 0 Å². The molecule has 0 amide bonds. The van der Waals surface area contributed by atoms with Gasteiger partial charge >= 0.3 is 0 Å². The van der Waals surface area contributed by atoms with E-state index in [0.29, 0.717) is 19.0 Å². The molecule has 0 spiro atoms. The van der Waals surface area contributed by atoms with Gasteiger partial charge in [-0.05, 0) is 12.6 Å². The number of ether oxygens (including phenoxy) is 1. The average molecular weight is 295 g/mol. The molecule has 4 heteroatoms. The van der Waals surface area contributed by atoms with E-state index in [1.165, 1.54) is 0 Å². The van der Waals surface area contributed by atoms with Crippen LogP contribution in [0.4, 0.5) is 0 Å². The van der Waals surface area contributed by atoms with Gasteiger partial charge < -0.3 is 15.8 Å². The van der Waals surface area contributed by atoms with Crippen LogP contribution in [0.2, 0.25) is 0 Å².